The molecule has 19 heavy (non-hydrogen) atoms. The summed E-state index contributed by atoms with van der Waals surface area (Å²) in [7, 11) is 0. The summed E-state index contributed by atoms with van der Waals surface area (Å²) < 4.78 is 10.9. The van der Waals surface area contributed by atoms with Crippen molar-refractivity contribution in [2.24, 2.45) is 11.8 Å². The van der Waals surface area contributed by atoms with E-state index in [0.717, 1.165) is 17.0 Å². The smallest absolute Gasteiger partial charge is 0.275 e. The first-order chi connectivity index (χ1) is 9.04. The van der Waals surface area contributed by atoms with E-state index < -0.39 is 0 Å². The second kappa shape index (κ2) is 8.27. The Bertz CT molecular complexity index is 405. The third-order valence-corrected chi connectivity index (χ3v) is 3.55. The highest BCUT2D eigenvalue weighted by molar-refractivity contribution is 7.14. The third kappa shape index (κ3) is 5.69. The molecule has 3 N–H and O–H groups in total. The molecule has 0 unspecified atom stereocenters. The van der Waals surface area contributed by atoms with Gasteiger partial charge in [0.25, 0.3) is 5.91 Å². The first-order valence-electron chi connectivity index (χ1n) is 6.30. The van der Waals surface area contributed by atoms with E-state index in [4.69, 9.17) is 15.3 Å². The van der Waals surface area contributed by atoms with E-state index in [1.54, 1.807) is 0 Å². The van der Waals surface area contributed by atoms with Crippen LogP contribution < -0.4 is 11.3 Å². The molecular formula is C13H22N2O3S. The Balaban J connectivity index is 2.29. The van der Waals surface area contributed by atoms with Gasteiger partial charge in [-0.25, -0.2) is 5.84 Å². The lowest BCUT2D eigenvalue weighted by molar-refractivity contribution is 0.0314. The number of aryl methyl sites for hydroxylation is 1. The molecule has 0 aliphatic heterocycles. The predicted molar refractivity (Wildman–Crippen MR) is 76.0 cm³/mol. The van der Waals surface area contributed by atoms with Gasteiger partial charge in [0.1, 0.15) is 0 Å². The third-order valence-electron chi connectivity index (χ3n) is 2.46. The van der Waals surface area contributed by atoms with E-state index in [2.05, 4.69) is 19.3 Å². The van der Waals surface area contributed by atoms with Gasteiger partial charge in [0, 0.05) is 11.5 Å². The van der Waals surface area contributed by atoms with Gasteiger partial charge in [-0.05, 0) is 24.5 Å². The zero-order valence-corrected chi connectivity index (χ0v) is 12.5. The van der Waals surface area contributed by atoms with Crippen LogP contribution in [0.4, 0.5) is 0 Å². The molecule has 6 heteroatoms. The lowest BCUT2D eigenvalue weighted by Crippen LogP contribution is -2.29. The number of hydrazine groups is 1. The van der Waals surface area contributed by atoms with E-state index in [1.165, 1.54) is 11.3 Å². The van der Waals surface area contributed by atoms with Crippen molar-refractivity contribution in [3.05, 3.63) is 21.4 Å². The molecule has 0 bridgehead atoms. The fourth-order valence-electron chi connectivity index (χ4n) is 1.47. The summed E-state index contributed by atoms with van der Waals surface area (Å²) in [6.45, 7) is 8.58. The summed E-state index contributed by atoms with van der Waals surface area (Å²) in [6, 6.07) is 1.82. The van der Waals surface area contributed by atoms with Crippen molar-refractivity contribution < 1.29 is 14.3 Å². The molecule has 0 atom stereocenters. The average Bonchev–Trinajstić information content (AvgIpc) is 2.74. The number of carbonyl (C=O) groups excluding carboxylic acids is 1. The van der Waals surface area contributed by atoms with Crippen LogP contribution in [0.15, 0.2) is 6.07 Å². The highest BCUT2D eigenvalue weighted by atomic mass is 32.1. The molecule has 0 fully saturated rings. The van der Waals surface area contributed by atoms with Crippen LogP contribution in [-0.4, -0.2) is 25.7 Å². The fraction of sp³-hybridized carbons (Fsp3) is 0.615. The lowest BCUT2D eigenvalue weighted by Gasteiger charge is -2.07. The minimum Gasteiger partial charge on any atom is -0.379 e. The van der Waals surface area contributed by atoms with Crippen LogP contribution in [0, 0.1) is 12.8 Å². The molecule has 1 aromatic heterocycles. The van der Waals surface area contributed by atoms with Gasteiger partial charge >= 0.3 is 0 Å². The molecule has 1 amide bonds. The predicted octanol–water partition coefficient (Wildman–Crippen LogP) is 1.85. The van der Waals surface area contributed by atoms with Crippen LogP contribution in [0.25, 0.3) is 0 Å². The van der Waals surface area contributed by atoms with Crippen molar-refractivity contribution in [3.63, 3.8) is 0 Å². The maximum Gasteiger partial charge on any atom is 0.275 e. The number of thiophene rings is 1. The van der Waals surface area contributed by atoms with E-state index >= 15 is 0 Å². The number of ether oxygens (including phenoxy) is 2. The van der Waals surface area contributed by atoms with E-state index in [0.29, 0.717) is 30.6 Å². The molecule has 0 saturated heterocycles. The van der Waals surface area contributed by atoms with Crippen molar-refractivity contribution in [2.75, 3.05) is 19.8 Å². The highest BCUT2D eigenvalue weighted by Crippen LogP contribution is 2.22. The maximum atomic E-state index is 11.4. The molecule has 0 radical (unpaired) electrons. The number of hydrogen-bond donors (Lipinski definition) is 2. The van der Waals surface area contributed by atoms with Gasteiger partial charge < -0.3 is 9.47 Å². The quantitative estimate of drug-likeness (QED) is 0.331. The van der Waals surface area contributed by atoms with Crippen LogP contribution in [0.2, 0.25) is 0 Å². The number of nitrogens with one attached hydrogen (secondary N) is 1. The molecule has 5 nitrogen and oxygen atoms in total. The lowest BCUT2D eigenvalue weighted by atomic mass is 10.2. The monoisotopic (exact) mass is 286 g/mol. The Hall–Kier alpha value is -0.950. The van der Waals surface area contributed by atoms with Crippen molar-refractivity contribution in [1.29, 1.82) is 0 Å². The first-order valence-corrected chi connectivity index (χ1v) is 7.12. The van der Waals surface area contributed by atoms with Crippen LogP contribution >= 0.6 is 11.3 Å². The average molecular weight is 286 g/mol. The van der Waals surface area contributed by atoms with Gasteiger partial charge in [0.05, 0.1) is 24.7 Å². The minimum atomic E-state index is -0.264. The molecule has 1 aromatic rings. The maximum absolute atomic E-state index is 11.4. The fourth-order valence-corrected chi connectivity index (χ4v) is 2.40. The molecule has 1 heterocycles. The van der Waals surface area contributed by atoms with Gasteiger partial charge in [-0.15, -0.1) is 11.3 Å². The molecule has 0 spiro atoms. The van der Waals surface area contributed by atoms with Gasteiger partial charge in [0.15, 0.2) is 0 Å². The second-order valence-corrected chi connectivity index (χ2v) is 5.94. The summed E-state index contributed by atoms with van der Waals surface area (Å²) in [5, 5.41) is 0. The topological polar surface area (TPSA) is 73.6 Å². The number of nitrogens with two attached hydrogens (primary N) is 1. The molecule has 0 aliphatic rings. The Morgan fingerprint density at radius 2 is 2.11 bits per heavy atom. The van der Waals surface area contributed by atoms with Gasteiger partial charge in [-0.2, -0.15) is 0 Å². The Labute approximate surface area is 118 Å². The summed E-state index contributed by atoms with van der Waals surface area (Å²) in [6.07, 6.45) is 0. The molecular weight excluding hydrogens is 264 g/mol. The summed E-state index contributed by atoms with van der Waals surface area (Å²) in [4.78, 5) is 13.0. The van der Waals surface area contributed by atoms with Crippen LogP contribution in [-0.2, 0) is 16.1 Å². The number of hydrogen-bond acceptors (Lipinski definition) is 5. The number of rotatable bonds is 8. The summed E-state index contributed by atoms with van der Waals surface area (Å²) >= 11 is 1.42. The van der Waals surface area contributed by atoms with E-state index in [1.807, 2.05) is 13.0 Å². The Kier molecular flexibility index (Phi) is 7.01. The van der Waals surface area contributed by atoms with Crippen molar-refractivity contribution in [1.82, 2.24) is 5.43 Å². The van der Waals surface area contributed by atoms with E-state index in [-0.39, 0.29) is 5.91 Å². The van der Waals surface area contributed by atoms with Crippen molar-refractivity contribution in [3.8, 4) is 0 Å². The first kappa shape index (κ1) is 16.1. The summed E-state index contributed by atoms with van der Waals surface area (Å²) in [5.41, 5.74) is 3.15. The zero-order valence-electron chi connectivity index (χ0n) is 11.7. The highest BCUT2D eigenvalue weighted by Gasteiger charge is 2.11. The normalized spacial score (nSPS) is 11.0. The molecule has 0 saturated carbocycles. The van der Waals surface area contributed by atoms with Gasteiger partial charge in [-0.3, -0.25) is 10.2 Å². The van der Waals surface area contributed by atoms with Crippen molar-refractivity contribution >= 4 is 17.2 Å². The standard InChI is InChI=1S/C13H22N2O3S/c1-9(2)7-17-4-5-18-8-11-6-12(13(16)15-14)19-10(11)3/h6,9H,4-5,7-8,14H2,1-3H3,(H,15,16). The van der Waals surface area contributed by atoms with E-state index in [9.17, 15) is 4.79 Å². The Morgan fingerprint density at radius 1 is 1.42 bits per heavy atom. The molecule has 1 rings (SSSR count). The van der Waals surface area contributed by atoms with Crippen molar-refractivity contribution in [2.45, 2.75) is 27.4 Å². The van der Waals surface area contributed by atoms with Gasteiger partial charge in [0.2, 0.25) is 0 Å². The van der Waals surface area contributed by atoms with Crippen LogP contribution in [0.3, 0.4) is 0 Å². The molecule has 0 aromatic carbocycles. The zero-order chi connectivity index (χ0) is 14.3. The largest absolute Gasteiger partial charge is 0.379 e. The minimum absolute atomic E-state index is 0.264. The van der Waals surface area contributed by atoms with Gasteiger partial charge in [-0.1, -0.05) is 13.8 Å². The molecule has 108 valence electrons. The number of amides is 1. The second-order valence-electron chi connectivity index (χ2n) is 4.69. The summed E-state index contributed by atoms with van der Waals surface area (Å²) in [5.74, 6) is 5.38. The number of carbonyl (C=O) groups is 1. The van der Waals surface area contributed by atoms with Crippen LogP contribution in [0.5, 0.6) is 0 Å². The number of nitrogen functional groups attached to an aromatic ring is 1. The van der Waals surface area contributed by atoms with Crippen LogP contribution in [0.1, 0.15) is 34.0 Å². The SMILES string of the molecule is Cc1sc(C(=O)NN)cc1COCCOCC(C)C. The molecule has 0 aliphatic carbocycles. The Morgan fingerprint density at radius 3 is 2.74 bits per heavy atom.